The molecule has 162 valence electrons. The highest BCUT2D eigenvalue weighted by Crippen LogP contribution is 2.39. The zero-order valence-corrected chi connectivity index (χ0v) is 18.6. The summed E-state index contributed by atoms with van der Waals surface area (Å²) in [6.07, 6.45) is 2.09. The fourth-order valence-electron chi connectivity index (χ4n) is 3.11. The molecule has 0 saturated heterocycles. The lowest BCUT2D eigenvalue weighted by Gasteiger charge is -2.17. The monoisotopic (exact) mass is 460 g/mol. The van der Waals surface area contributed by atoms with Crippen LogP contribution in [0, 0.1) is 5.82 Å². The van der Waals surface area contributed by atoms with Gasteiger partial charge in [0.2, 0.25) is 5.91 Å². The molecule has 9 heteroatoms. The van der Waals surface area contributed by atoms with E-state index in [1.165, 1.54) is 22.7 Å². The maximum Gasteiger partial charge on any atom is 0.233 e. The molecule has 0 aliphatic heterocycles. The zero-order valence-electron chi connectivity index (χ0n) is 17.0. The van der Waals surface area contributed by atoms with Gasteiger partial charge in [0.05, 0.1) is 10.8 Å². The largest absolute Gasteiger partial charge is 0.484 e. The van der Waals surface area contributed by atoms with Gasteiger partial charge in [-0.1, -0.05) is 53.7 Å². The number of ether oxygens (including phenoxy) is 1. The van der Waals surface area contributed by atoms with Gasteiger partial charge in [-0.05, 0) is 31.0 Å². The van der Waals surface area contributed by atoms with Gasteiger partial charge in [0.1, 0.15) is 18.2 Å². The van der Waals surface area contributed by atoms with Crippen molar-refractivity contribution in [2.45, 2.75) is 37.2 Å². The second-order valence-electron chi connectivity index (χ2n) is 7.35. The summed E-state index contributed by atoms with van der Waals surface area (Å²) in [5, 5.41) is 9.78. The van der Waals surface area contributed by atoms with E-state index >= 15 is 0 Å². The smallest absolute Gasteiger partial charge is 0.233 e. The zero-order chi connectivity index (χ0) is 21.8. The van der Waals surface area contributed by atoms with E-state index in [-0.39, 0.29) is 30.6 Å². The Morgan fingerprint density at radius 1 is 1.23 bits per heavy atom. The first-order valence-electron chi connectivity index (χ1n) is 9.94. The molecule has 0 unspecified atom stereocenters. The molecule has 6 nitrogen and oxygen atoms in total. The Morgan fingerprint density at radius 3 is 2.71 bits per heavy atom. The van der Waals surface area contributed by atoms with Crippen LogP contribution >= 0.6 is 23.4 Å². The van der Waals surface area contributed by atoms with E-state index in [2.05, 4.69) is 10.2 Å². The highest BCUT2D eigenvalue weighted by molar-refractivity contribution is 7.99. The van der Waals surface area contributed by atoms with Gasteiger partial charge >= 0.3 is 0 Å². The number of carbonyl (C=O) groups is 1. The first-order valence-corrected chi connectivity index (χ1v) is 11.3. The van der Waals surface area contributed by atoms with Crippen molar-refractivity contribution < 1.29 is 13.9 Å². The van der Waals surface area contributed by atoms with Crippen molar-refractivity contribution in [3.8, 4) is 5.75 Å². The SMILES string of the molecule is CN(Cc1ccccc1F)C(=O)CSc1nnc(COc2ccccc2Cl)n1C1CC1. The lowest BCUT2D eigenvalue weighted by molar-refractivity contribution is -0.127. The van der Waals surface area contributed by atoms with Crippen molar-refractivity contribution in [1.29, 1.82) is 0 Å². The molecule has 1 saturated carbocycles. The summed E-state index contributed by atoms with van der Waals surface area (Å²) in [6, 6.07) is 14.1. The van der Waals surface area contributed by atoms with Crippen LogP contribution in [0.4, 0.5) is 4.39 Å². The molecule has 4 rings (SSSR count). The number of para-hydroxylation sites is 1. The molecule has 1 aromatic heterocycles. The summed E-state index contributed by atoms with van der Waals surface area (Å²) < 4.78 is 21.7. The number of hydrogen-bond acceptors (Lipinski definition) is 5. The van der Waals surface area contributed by atoms with E-state index in [9.17, 15) is 9.18 Å². The van der Waals surface area contributed by atoms with Crippen molar-refractivity contribution in [2.75, 3.05) is 12.8 Å². The lowest BCUT2D eigenvalue weighted by atomic mass is 10.2. The maximum atomic E-state index is 13.9. The number of carbonyl (C=O) groups excluding carboxylic acids is 1. The molecular formula is C22H22ClFN4O2S. The van der Waals surface area contributed by atoms with E-state index in [0.29, 0.717) is 33.4 Å². The summed E-state index contributed by atoms with van der Waals surface area (Å²) in [4.78, 5) is 14.1. The molecule has 1 amide bonds. The number of thioether (sulfide) groups is 1. The van der Waals surface area contributed by atoms with Gasteiger partial charge in [-0.2, -0.15) is 0 Å². The molecule has 1 fully saturated rings. The van der Waals surface area contributed by atoms with Crippen molar-refractivity contribution in [2.24, 2.45) is 0 Å². The van der Waals surface area contributed by atoms with Gasteiger partial charge < -0.3 is 9.64 Å². The Bertz CT molecular complexity index is 1070. The van der Waals surface area contributed by atoms with Gasteiger partial charge in [-0.15, -0.1) is 10.2 Å². The molecule has 0 spiro atoms. The second-order valence-corrected chi connectivity index (χ2v) is 8.70. The van der Waals surface area contributed by atoms with Gasteiger partial charge in [-0.3, -0.25) is 9.36 Å². The van der Waals surface area contributed by atoms with Crippen molar-refractivity contribution in [3.63, 3.8) is 0 Å². The molecule has 1 heterocycles. The topological polar surface area (TPSA) is 60.3 Å². The minimum absolute atomic E-state index is 0.104. The molecule has 0 bridgehead atoms. The van der Waals surface area contributed by atoms with Gasteiger partial charge in [0.15, 0.2) is 11.0 Å². The van der Waals surface area contributed by atoms with E-state index in [1.807, 2.05) is 16.7 Å². The van der Waals surface area contributed by atoms with Crippen molar-refractivity contribution >= 4 is 29.3 Å². The standard InChI is InChI=1S/C22H22ClFN4O2S/c1-27(12-15-6-2-4-8-18(15)24)21(29)14-31-22-26-25-20(28(22)16-10-11-16)13-30-19-9-5-3-7-17(19)23/h2-9,16H,10-14H2,1H3. The fraction of sp³-hybridized carbons (Fsp3) is 0.318. The van der Waals surface area contributed by atoms with Crippen LogP contribution in [0.25, 0.3) is 0 Å². The molecule has 31 heavy (non-hydrogen) atoms. The third-order valence-corrected chi connectivity index (χ3v) is 6.20. The Kier molecular flexibility index (Phi) is 6.77. The van der Waals surface area contributed by atoms with Crippen molar-refractivity contribution in [1.82, 2.24) is 19.7 Å². The van der Waals surface area contributed by atoms with Crippen LogP contribution < -0.4 is 4.74 Å². The number of nitrogens with zero attached hydrogens (tertiary/aromatic N) is 4. The third-order valence-electron chi connectivity index (χ3n) is 4.96. The number of aromatic nitrogens is 3. The highest BCUT2D eigenvalue weighted by atomic mass is 35.5. The summed E-state index contributed by atoms with van der Waals surface area (Å²) in [7, 11) is 1.67. The Labute approximate surface area is 189 Å². The van der Waals surface area contributed by atoms with Crippen LogP contribution in [0.15, 0.2) is 53.7 Å². The normalized spacial score (nSPS) is 13.3. The van der Waals surface area contributed by atoms with Crippen LogP contribution in [0.3, 0.4) is 0 Å². The molecule has 1 aliphatic rings. The number of hydrogen-bond donors (Lipinski definition) is 0. The number of halogens is 2. The highest BCUT2D eigenvalue weighted by Gasteiger charge is 2.30. The summed E-state index contributed by atoms with van der Waals surface area (Å²) in [6.45, 7) is 0.466. The molecular weight excluding hydrogens is 439 g/mol. The van der Waals surface area contributed by atoms with Gasteiger partial charge in [0, 0.05) is 25.2 Å². The molecule has 2 aromatic carbocycles. The number of benzene rings is 2. The first kappa shape index (κ1) is 21.6. The van der Waals surface area contributed by atoms with Crippen LogP contribution in [-0.4, -0.2) is 38.4 Å². The van der Waals surface area contributed by atoms with E-state index in [0.717, 1.165) is 12.8 Å². The van der Waals surface area contributed by atoms with Crippen LogP contribution in [0.2, 0.25) is 5.02 Å². The lowest BCUT2D eigenvalue weighted by Crippen LogP contribution is -2.28. The minimum atomic E-state index is -0.313. The van der Waals surface area contributed by atoms with E-state index in [1.54, 1.807) is 37.4 Å². The summed E-state index contributed by atoms with van der Waals surface area (Å²) >= 11 is 7.49. The quantitative estimate of drug-likeness (QED) is 0.432. The second kappa shape index (κ2) is 9.70. The van der Waals surface area contributed by atoms with Crippen LogP contribution in [-0.2, 0) is 17.9 Å². The van der Waals surface area contributed by atoms with Gasteiger partial charge in [-0.25, -0.2) is 4.39 Å². The Balaban J connectivity index is 1.38. The van der Waals surface area contributed by atoms with E-state index in [4.69, 9.17) is 16.3 Å². The predicted molar refractivity (Wildman–Crippen MR) is 118 cm³/mol. The predicted octanol–water partition coefficient (Wildman–Crippen LogP) is 4.74. The Morgan fingerprint density at radius 2 is 1.97 bits per heavy atom. The van der Waals surface area contributed by atoms with Crippen LogP contribution in [0.5, 0.6) is 5.75 Å². The van der Waals surface area contributed by atoms with Crippen molar-refractivity contribution in [3.05, 3.63) is 70.8 Å². The summed E-state index contributed by atoms with van der Waals surface area (Å²) in [5.41, 5.74) is 0.489. The Hall–Kier alpha value is -2.58. The molecule has 0 radical (unpaired) electrons. The average Bonchev–Trinajstić information content (AvgIpc) is 3.53. The molecule has 1 aliphatic carbocycles. The fourth-order valence-corrected chi connectivity index (χ4v) is 4.27. The van der Waals surface area contributed by atoms with E-state index < -0.39 is 0 Å². The van der Waals surface area contributed by atoms with Crippen LogP contribution in [0.1, 0.15) is 30.3 Å². The number of rotatable bonds is 9. The summed E-state index contributed by atoms with van der Waals surface area (Å²) in [5.74, 6) is 1.07. The maximum absolute atomic E-state index is 13.9. The first-order chi connectivity index (χ1) is 15.0. The number of amides is 1. The minimum Gasteiger partial charge on any atom is -0.484 e. The molecule has 0 N–H and O–H groups in total. The van der Waals surface area contributed by atoms with Gasteiger partial charge in [0.25, 0.3) is 0 Å². The average molecular weight is 461 g/mol. The molecule has 0 atom stereocenters. The third kappa shape index (κ3) is 5.37. The molecule has 3 aromatic rings.